The van der Waals surface area contributed by atoms with Crippen molar-refractivity contribution in [2.24, 2.45) is 0 Å². The van der Waals surface area contributed by atoms with Crippen LogP contribution < -0.4 is 5.32 Å². The van der Waals surface area contributed by atoms with Crippen LogP contribution in [0.3, 0.4) is 0 Å². The first kappa shape index (κ1) is 18.0. The first-order valence-electron chi connectivity index (χ1n) is 7.72. The normalized spacial score (nSPS) is 16.1. The van der Waals surface area contributed by atoms with Crippen molar-refractivity contribution in [2.45, 2.75) is 26.2 Å². The summed E-state index contributed by atoms with van der Waals surface area (Å²) < 4.78 is 15.5. The van der Waals surface area contributed by atoms with Crippen molar-refractivity contribution in [3.05, 3.63) is 52.9 Å². The molecule has 0 unspecified atom stereocenters. The van der Waals surface area contributed by atoms with Crippen molar-refractivity contribution in [3.63, 3.8) is 0 Å². The number of halogens is 1. The monoisotopic (exact) mass is 377 g/mol. The van der Waals surface area contributed by atoms with Crippen LogP contribution in [-0.2, 0) is 25.7 Å². The summed E-state index contributed by atoms with van der Waals surface area (Å²) in [5.74, 6) is -1.87. The Hall–Kier alpha value is -2.77. The lowest BCUT2D eigenvalue weighted by Crippen LogP contribution is -2.42. The average molecular weight is 378 g/mol. The third-order valence-electron chi connectivity index (χ3n) is 3.55. The number of hydrogen-bond donors (Lipinski definition) is 2. The van der Waals surface area contributed by atoms with E-state index in [-0.39, 0.29) is 12.2 Å². The summed E-state index contributed by atoms with van der Waals surface area (Å²) in [5, 5.41) is 12.3. The first-order chi connectivity index (χ1) is 12.3. The van der Waals surface area contributed by atoms with Crippen LogP contribution in [-0.4, -0.2) is 22.8 Å². The molecule has 0 radical (unpaired) electrons. The van der Waals surface area contributed by atoms with Gasteiger partial charge in [-0.15, -0.1) is 0 Å². The number of nitrogens with one attached hydrogen (secondary N) is 1. The van der Waals surface area contributed by atoms with Crippen LogP contribution in [0, 0.1) is 0 Å². The lowest BCUT2D eigenvalue weighted by atomic mass is 10.1. The largest absolute Gasteiger partial charge is 0.459 e. The third kappa shape index (κ3) is 3.74. The molecule has 0 atom stereocenters. The highest BCUT2D eigenvalue weighted by molar-refractivity contribution is 6.33. The number of hydrogen-bond acceptors (Lipinski definition) is 7. The van der Waals surface area contributed by atoms with E-state index in [1.807, 2.05) is 0 Å². The molecule has 26 heavy (non-hydrogen) atoms. The quantitative estimate of drug-likeness (QED) is 0.479. The molecule has 0 aliphatic carbocycles. The second-order valence-electron chi connectivity index (χ2n) is 6.00. The second-order valence-corrected chi connectivity index (χ2v) is 6.41. The molecule has 1 aliphatic heterocycles. The highest BCUT2D eigenvalue weighted by Crippen LogP contribution is 2.32. The zero-order chi connectivity index (χ0) is 18.9. The lowest BCUT2D eigenvalue weighted by Gasteiger charge is -2.29. The Morgan fingerprint density at radius 2 is 1.85 bits per heavy atom. The van der Waals surface area contributed by atoms with Gasteiger partial charge >= 0.3 is 11.9 Å². The number of anilines is 1. The summed E-state index contributed by atoms with van der Waals surface area (Å²) in [5.41, 5.74) is 0.941. The minimum Gasteiger partial charge on any atom is -0.459 e. The van der Waals surface area contributed by atoms with Crippen LogP contribution in [0.5, 0.6) is 0 Å². The summed E-state index contributed by atoms with van der Waals surface area (Å²) in [6.07, 6.45) is 1.21. The standard InChI is InChI=1S/C18H16ClNO6/c1-18(2)25-16(22)13(17(23)26-18)8-20-10-3-5-12(14(19)7-10)15-6-4-11(9-21)24-15/h3-8,20-21H,9H2,1-2H3. The van der Waals surface area contributed by atoms with Gasteiger partial charge in [0.05, 0.1) is 5.02 Å². The molecule has 2 heterocycles. The topological polar surface area (TPSA) is 98.0 Å². The van der Waals surface area contributed by atoms with Gasteiger partial charge in [-0.2, -0.15) is 0 Å². The van der Waals surface area contributed by atoms with E-state index in [2.05, 4.69) is 5.32 Å². The van der Waals surface area contributed by atoms with Crippen LogP contribution in [0.15, 0.2) is 46.5 Å². The molecule has 0 spiro atoms. The summed E-state index contributed by atoms with van der Waals surface area (Å²) in [4.78, 5) is 23.8. The third-order valence-corrected chi connectivity index (χ3v) is 3.86. The van der Waals surface area contributed by atoms with Crippen LogP contribution >= 0.6 is 11.6 Å². The number of carbonyl (C=O) groups is 2. The van der Waals surface area contributed by atoms with Gasteiger partial charge < -0.3 is 24.3 Å². The Kier molecular flexibility index (Phi) is 4.76. The molecule has 136 valence electrons. The highest BCUT2D eigenvalue weighted by atomic mass is 35.5. The number of carbonyl (C=O) groups excluding carboxylic acids is 2. The van der Waals surface area contributed by atoms with E-state index in [0.717, 1.165) is 0 Å². The number of benzene rings is 1. The molecule has 2 N–H and O–H groups in total. The Balaban J connectivity index is 1.78. The molecule has 1 aliphatic rings. The molecule has 1 fully saturated rings. The van der Waals surface area contributed by atoms with Gasteiger partial charge in [0.25, 0.3) is 5.79 Å². The maximum absolute atomic E-state index is 11.9. The van der Waals surface area contributed by atoms with Gasteiger partial charge in [-0.25, -0.2) is 9.59 Å². The molecule has 0 saturated carbocycles. The van der Waals surface area contributed by atoms with Gasteiger partial charge in [-0.05, 0) is 30.3 Å². The number of esters is 2. The van der Waals surface area contributed by atoms with Crippen LogP contribution in [0.1, 0.15) is 19.6 Å². The van der Waals surface area contributed by atoms with E-state index < -0.39 is 17.7 Å². The Bertz CT molecular complexity index is 877. The van der Waals surface area contributed by atoms with E-state index in [4.69, 9.17) is 30.6 Å². The van der Waals surface area contributed by atoms with Crippen LogP contribution in [0.2, 0.25) is 5.02 Å². The van der Waals surface area contributed by atoms with Gasteiger partial charge in [0, 0.05) is 31.3 Å². The van der Waals surface area contributed by atoms with Gasteiger partial charge in [0.2, 0.25) is 0 Å². The maximum Gasteiger partial charge on any atom is 0.350 e. The Morgan fingerprint density at radius 3 is 2.42 bits per heavy atom. The smallest absolute Gasteiger partial charge is 0.350 e. The summed E-state index contributed by atoms with van der Waals surface area (Å²) >= 11 is 6.27. The maximum atomic E-state index is 11.9. The van der Waals surface area contributed by atoms with Crippen LogP contribution in [0.4, 0.5) is 5.69 Å². The zero-order valence-corrected chi connectivity index (χ0v) is 14.8. The Morgan fingerprint density at radius 1 is 1.15 bits per heavy atom. The highest BCUT2D eigenvalue weighted by Gasteiger charge is 2.38. The number of furan rings is 1. The molecule has 0 bridgehead atoms. The number of ether oxygens (including phenoxy) is 2. The molecule has 1 aromatic carbocycles. The van der Waals surface area contributed by atoms with E-state index in [1.54, 1.807) is 30.3 Å². The Labute approximate surface area is 154 Å². The van der Waals surface area contributed by atoms with E-state index in [9.17, 15) is 9.59 Å². The molecular formula is C18H16ClNO6. The van der Waals surface area contributed by atoms with Crippen molar-refractivity contribution >= 4 is 29.2 Å². The molecule has 3 rings (SSSR count). The predicted octanol–water partition coefficient (Wildman–Crippen LogP) is 3.22. The number of cyclic esters (lactones) is 2. The fourth-order valence-electron chi connectivity index (χ4n) is 2.35. The van der Waals surface area contributed by atoms with Gasteiger partial charge in [-0.1, -0.05) is 11.6 Å². The fraction of sp³-hybridized carbons (Fsp3) is 0.222. The fourth-order valence-corrected chi connectivity index (χ4v) is 2.62. The summed E-state index contributed by atoms with van der Waals surface area (Å²) in [6, 6.07) is 8.38. The number of aliphatic hydroxyl groups excluding tert-OH is 1. The predicted molar refractivity (Wildman–Crippen MR) is 93.0 cm³/mol. The number of rotatable bonds is 4. The molecule has 8 heteroatoms. The molecule has 2 aromatic rings. The molecule has 1 saturated heterocycles. The van der Waals surface area contributed by atoms with Gasteiger partial charge in [0.15, 0.2) is 5.57 Å². The van der Waals surface area contributed by atoms with E-state index >= 15 is 0 Å². The molecular weight excluding hydrogens is 362 g/mol. The zero-order valence-electron chi connectivity index (χ0n) is 14.0. The van der Waals surface area contributed by atoms with Crippen LogP contribution in [0.25, 0.3) is 11.3 Å². The lowest BCUT2D eigenvalue weighted by molar-refractivity contribution is -0.222. The van der Waals surface area contributed by atoms with Crippen molar-refractivity contribution in [1.82, 2.24) is 0 Å². The summed E-state index contributed by atoms with van der Waals surface area (Å²) in [6.45, 7) is 2.75. The van der Waals surface area contributed by atoms with E-state index in [0.29, 0.717) is 27.8 Å². The SMILES string of the molecule is CC1(C)OC(=O)C(=CNc2ccc(-c3ccc(CO)o3)c(Cl)c2)C(=O)O1. The minimum atomic E-state index is -1.28. The van der Waals surface area contributed by atoms with Crippen molar-refractivity contribution in [3.8, 4) is 11.3 Å². The van der Waals surface area contributed by atoms with Crippen molar-refractivity contribution < 1.29 is 28.6 Å². The summed E-state index contributed by atoms with van der Waals surface area (Å²) in [7, 11) is 0. The molecule has 1 aromatic heterocycles. The minimum absolute atomic E-state index is 0.201. The van der Waals surface area contributed by atoms with Gasteiger partial charge in [-0.3, -0.25) is 0 Å². The second kappa shape index (κ2) is 6.86. The van der Waals surface area contributed by atoms with Crippen molar-refractivity contribution in [2.75, 3.05) is 5.32 Å². The van der Waals surface area contributed by atoms with Crippen molar-refractivity contribution in [1.29, 1.82) is 0 Å². The number of aliphatic hydroxyl groups is 1. The van der Waals surface area contributed by atoms with E-state index in [1.165, 1.54) is 20.0 Å². The first-order valence-corrected chi connectivity index (χ1v) is 8.10. The average Bonchev–Trinajstić information content (AvgIpc) is 3.02. The molecule has 0 amide bonds. The van der Waals surface area contributed by atoms with Gasteiger partial charge in [0.1, 0.15) is 18.1 Å². The molecule has 7 nitrogen and oxygen atoms in total.